The Morgan fingerprint density at radius 2 is 2.04 bits per heavy atom. The minimum atomic E-state index is 0.00810. The van der Waals surface area contributed by atoms with Gasteiger partial charge >= 0.3 is 6.03 Å². The number of rotatable bonds is 3. The number of urea groups is 1. The molecule has 122 valence electrons. The SMILES string of the molecule is N#CN1CC[C@@H](N2CCN(c3nc(-c4ccccc4)cs3)C2=O)C1. The molecule has 0 bridgehead atoms. The van der Waals surface area contributed by atoms with Gasteiger partial charge in [0.25, 0.3) is 0 Å². The van der Waals surface area contributed by atoms with Gasteiger partial charge in [-0.25, -0.2) is 9.78 Å². The number of hydrogen-bond donors (Lipinski definition) is 0. The number of amides is 2. The van der Waals surface area contributed by atoms with Gasteiger partial charge in [0.15, 0.2) is 11.3 Å². The average molecular weight is 339 g/mol. The van der Waals surface area contributed by atoms with Gasteiger partial charge in [-0.1, -0.05) is 30.3 Å². The molecule has 3 heterocycles. The fraction of sp³-hybridized carbons (Fsp3) is 0.353. The number of aromatic nitrogens is 1. The van der Waals surface area contributed by atoms with Gasteiger partial charge in [-0.3, -0.25) is 4.90 Å². The van der Waals surface area contributed by atoms with Crippen LogP contribution in [0, 0.1) is 11.5 Å². The first-order chi connectivity index (χ1) is 11.8. The Morgan fingerprint density at radius 3 is 2.79 bits per heavy atom. The zero-order valence-corrected chi connectivity index (χ0v) is 13.9. The highest BCUT2D eigenvalue weighted by atomic mass is 32.1. The molecule has 1 aromatic heterocycles. The van der Waals surface area contributed by atoms with E-state index in [1.807, 2.05) is 40.6 Å². The number of likely N-dealkylation sites (tertiary alicyclic amines) is 1. The first kappa shape index (κ1) is 15.0. The number of carbonyl (C=O) groups excluding carboxylic acids is 1. The number of thiazole rings is 1. The molecule has 1 aromatic carbocycles. The molecular formula is C17H17N5OS. The van der Waals surface area contributed by atoms with Crippen LogP contribution in [-0.2, 0) is 0 Å². The largest absolute Gasteiger partial charge is 0.326 e. The highest BCUT2D eigenvalue weighted by molar-refractivity contribution is 7.14. The normalized spacial score (nSPS) is 20.7. The first-order valence-corrected chi connectivity index (χ1v) is 8.88. The molecule has 2 aliphatic rings. The summed E-state index contributed by atoms with van der Waals surface area (Å²) in [5.41, 5.74) is 1.96. The molecule has 2 amide bonds. The van der Waals surface area contributed by atoms with Crippen molar-refractivity contribution in [1.82, 2.24) is 14.8 Å². The molecule has 0 radical (unpaired) electrons. The molecule has 2 saturated heterocycles. The minimum Gasteiger partial charge on any atom is -0.318 e. The van der Waals surface area contributed by atoms with Crippen LogP contribution in [-0.4, -0.2) is 53.0 Å². The third-order valence-corrected chi connectivity index (χ3v) is 5.44. The summed E-state index contributed by atoms with van der Waals surface area (Å²) in [6.07, 6.45) is 3.03. The molecule has 7 heteroatoms. The van der Waals surface area contributed by atoms with Crippen molar-refractivity contribution in [1.29, 1.82) is 5.26 Å². The third kappa shape index (κ3) is 2.59. The van der Waals surface area contributed by atoms with Gasteiger partial charge in [0.1, 0.15) is 0 Å². The lowest BCUT2D eigenvalue weighted by Gasteiger charge is -2.23. The zero-order valence-electron chi connectivity index (χ0n) is 13.1. The van der Waals surface area contributed by atoms with Crippen LogP contribution in [0.2, 0.25) is 0 Å². The van der Waals surface area contributed by atoms with Crippen molar-refractivity contribution in [3.05, 3.63) is 35.7 Å². The summed E-state index contributed by atoms with van der Waals surface area (Å²) in [4.78, 5) is 22.8. The van der Waals surface area contributed by atoms with Crippen molar-refractivity contribution >= 4 is 22.5 Å². The topological polar surface area (TPSA) is 63.5 Å². The van der Waals surface area contributed by atoms with Gasteiger partial charge in [-0.05, 0) is 6.42 Å². The van der Waals surface area contributed by atoms with Crippen LogP contribution in [0.3, 0.4) is 0 Å². The molecule has 4 rings (SSSR count). The Bertz CT molecular complexity index is 784. The Labute approximate surface area is 144 Å². The lowest BCUT2D eigenvalue weighted by atomic mass is 10.2. The molecule has 0 aliphatic carbocycles. The van der Waals surface area contributed by atoms with E-state index in [0.29, 0.717) is 19.6 Å². The smallest absolute Gasteiger partial charge is 0.318 e. The van der Waals surface area contributed by atoms with Crippen molar-refractivity contribution in [3.8, 4) is 17.5 Å². The van der Waals surface area contributed by atoms with Gasteiger partial charge < -0.3 is 9.80 Å². The van der Waals surface area contributed by atoms with Gasteiger partial charge in [0, 0.05) is 37.1 Å². The summed E-state index contributed by atoms with van der Waals surface area (Å²) in [7, 11) is 0. The maximum absolute atomic E-state index is 12.8. The minimum absolute atomic E-state index is 0.00810. The molecule has 0 saturated carbocycles. The number of nitriles is 1. The molecule has 2 aliphatic heterocycles. The predicted octanol–water partition coefficient (Wildman–Crippen LogP) is 2.61. The summed E-state index contributed by atoms with van der Waals surface area (Å²) in [5.74, 6) is 0. The monoisotopic (exact) mass is 339 g/mol. The molecule has 0 spiro atoms. The second-order valence-electron chi connectivity index (χ2n) is 6.00. The fourth-order valence-electron chi connectivity index (χ4n) is 3.29. The van der Waals surface area contributed by atoms with Crippen molar-refractivity contribution in [3.63, 3.8) is 0 Å². The average Bonchev–Trinajstić information content (AvgIpc) is 3.34. The van der Waals surface area contributed by atoms with Crippen molar-refractivity contribution in [2.45, 2.75) is 12.5 Å². The summed E-state index contributed by atoms with van der Waals surface area (Å²) < 4.78 is 0. The number of nitrogens with zero attached hydrogens (tertiary/aromatic N) is 5. The van der Waals surface area contributed by atoms with Crippen LogP contribution in [0.25, 0.3) is 11.3 Å². The lowest BCUT2D eigenvalue weighted by molar-refractivity contribution is 0.202. The first-order valence-electron chi connectivity index (χ1n) is 8.00. The molecule has 1 atom stereocenters. The molecule has 24 heavy (non-hydrogen) atoms. The molecule has 2 aromatic rings. The number of carbonyl (C=O) groups is 1. The van der Waals surface area contributed by atoms with E-state index in [1.165, 1.54) is 11.3 Å². The van der Waals surface area contributed by atoms with E-state index < -0.39 is 0 Å². The third-order valence-electron chi connectivity index (χ3n) is 4.58. The second-order valence-corrected chi connectivity index (χ2v) is 6.83. The number of benzene rings is 1. The van der Waals surface area contributed by atoms with Gasteiger partial charge in [0.2, 0.25) is 0 Å². The van der Waals surface area contributed by atoms with Gasteiger partial charge in [0.05, 0.1) is 11.7 Å². The quantitative estimate of drug-likeness (QED) is 0.807. The number of hydrogen-bond acceptors (Lipinski definition) is 5. The van der Waals surface area contributed by atoms with Crippen LogP contribution < -0.4 is 4.90 Å². The van der Waals surface area contributed by atoms with E-state index in [9.17, 15) is 4.79 Å². The summed E-state index contributed by atoms with van der Waals surface area (Å²) in [5, 5.41) is 11.7. The van der Waals surface area contributed by atoms with Crippen molar-refractivity contribution < 1.29 is 4.79 Å². The van der Waals surface area contributed by atoms with E-state index in [1.54, 1.807) is 9.80 Å². The summed E-state index contributed by atoms with van der Waals surface area (Å²) >= 11 is 1.50. The maximum atomic E-state index is 12.8. The van der Waals surface area contributed by atoms with Gasteiger partial charge in [-0.15, -0.1) is 11.3 Å². The Kier molecular flexibility index (Phi) is 3.82. The lowest BCUT2D eigenvalue weighted by Crippen LogP contribution is -2.40. The Balaban J connectivity index is 1.49. The van der Waals surface area contributed by atoms with Crippen molar-refractivity contribution in [2.24, 2.45) is 0 Å². The summed E-state index contributed by atoms with van der Waals surface area (Å²) in [6.45, 7) is 2.73. The standard InChI is InChI=1S/C17H17N5OS/c18-12-20-7-6-14(10-20)21-8-9-22(17(21)23)16-19-15(11-24-16)13-4-2-1-3-5-13/h1-5,11,14H,6-10H2/t14-/m1/s1. The van der Waals surface area contributed by atoms with E-state index >= 15 is 0 Å². The van der Waals surface area contributed by atoms with E-state index in [0.717, 1.165) is 29.4 Å². The molecule has 0 unspecified atom stereocenters. The van der Waals surface area contributed by atoms with E-state index in [2.05, 4.69) is 11.2 Å². The van der Waals surface area contributed by atoms with Crippen molar-refractivity contribution in [2.75, 3.05) is 31.1 Å². The maximum Gasteiger partial charge on any atom is 0.326 e. The zero-order chi connectivity index (χ0) is 16.5. The predicted molar refractivity (Wildman–Crippen MR) is 92.6 cm³/mol. The van der Waals surface area contributed by atoms with Crippen LogP contribution >= 0.6 is 11.3 Å². The van der Waals surface area contributed by atoms with Crippen LogP contribution in [0.5, 0.6) is 0 Å². The highest BCUT2D eigenvalue weighted by Crippen LogP contribution is 2.30. The molecular weight excluding hydrogens is 322 g/mol. The Hall–Kier alpha value is -2.59. The Morgan fingerprint density at radius 1 is 1.21 bits per heavy atom. The van der Waals surface area contributed by atoms with Gasteiger partial charge in [-0.2, -0.15) is 5.26 Å². The number of anilines is 1. The molecule has 2 fully saturated rings. The second kappa shape index (κ2) is 6.13. The van der Waals surface area contributed by atoms with Crippen LogP contribution in [0.4, 0.5) is 9.93 Å². The molecule has 0 N–H and O–H groups in total. The van der Waals surface area contributed by atoms with E-state index in [-0.39, 0.29) is 12.1 Å². The van der Waals surface area contributed by atoms with Crippen LogP contribution in [0.1, 0.15) is 6.42 Å². The van der Waals surface area contributed by atoms with Crippen LogP contribution in [0.15, 0.2) is 35.7 Å². The van der Waals surface area contributed by atoms with E-state index in [4.69, 9.17) is 5.26 Å². The molecule has 6 nitrogen and oxygen atoms in total. The fourth-order valence-corrected chi connectivity index (χ4v) is 4.14. The highest BCUT2D eigenvalue weighted by Gasteiger charge is 2.38. The summed E-state index contributed by atoms with van der Waals surface area (Å²) in [6, 6.07) is 10.1.